The number of nitrogens with zero attached hydrogens (tertiary/aromatic N) is 4. The topological polar surface area (TPSA) is 80.2 Å². The van der Waals surface area contributed by atoms with E-state index >= 15 is 0 Å². The van der Waals surface area contributed by atoms with E-state index in [2.05, 4.69) is 29.0 Å². The van der Waals surface area contributed by atoms with Crippen molar-refractivity contribution in [3.8, 4) is 11.4 Å². The molecule has 1 saturated heterocycles. The molecular formula is C31H37N5O2S. The lowest BCUT2D eigenvalue weighted by Crippen LogP contribution is -2.45. The molecule has 0 radical (unpaired) electrons. The van der Waals surface area contributed by atoms with Crippen LogP contribution in [-0.4, -0.2) is 52.4 Å². The van der Waals surface area contributed by atoms with Crippen LogP contribution in [0, 0.1) is 6.92 Å². The quantitative estimate of drug-likeness (QED) is 0.286. The number of anilines is 1. The van der Waals surface area contributed by atoms with Gasteiger partial charge in [0, 0.05) is 35.1 Å². The van der Waals surface area contributed by atoms with Gasteiger partial charge >= 0.3 is 0 Å². The first kappa shape index (κ1) is 28.5. The summed E-state index contributed by atoms with van der Waals surface area (Å²) in [4.78, 5) is 30.4. The normalized spacial score (nSPS) is 16.9. The second-order valence-electron chi connectivity index (χ2n) is 9.48. The Hall–Kier alpha value is -3.49. The van der Waals surface area contributed by atoms with Crippen molar-refractivity contribution in [1.82, 2.24) is 20.3 Å². The minimum atomic E-state index is -0.119. The first-order valence-corrected chi connectivity index (χ1v) is 14.7. The molecule has 39 heavy (non-hydrogen) atoms. The zero-order valence-corrected chi connectivity index (χ0v) is 24.4. The Morgan fingerprint density at radius 2 is 1.77 bits per heavy atom. The summed E-state index contributed by atoms with van der Waals surface area (Å²) < 4.78 is 5.87. The summed E-state index contributed by atoms with van der Waals surface area (Å²) in [6, 6.07) is 17.7. The highest BCUT2D eigenvalue weighted by Crippen LogP contribution is 2.25. The van der Waals surface area contributed by atoms with E-state index in [0.29, 0.717) is 12.1 Å². The van der Waals surface area contributed by atoms with Gasteiger partial charge in [-0.25, -0.2) is 9.97 Å². The monoisotopic (exact) mass is 543 g/mol. The summed E-state index contributed by atoms with van der Waals surface area (Å²) in [5, 5.41) is 3.92. The van der Waals surface area contributed by atoms with Gasteiger partial charge in [0.25, 0.3) is 5.91 Å². The fourth-order valence-electron chi connectivity index (χ4n) is 4.64. The number of aryl methyl sites for hydroxylation is 1. The van der Waals surface area contributed by atoms with Gasteiger partial charge in [-0.05, 0) is 75.1 Å². The first-order chi connectivity index (χ1) is 18.9. The molecule has 5 rings (SSSR count). The fourth-order valence-corrected chi connectivity index (χ4v) is 5.27. The van der Waals surface area contributed by atoms with Gasteiger partial charge in [0.2, 0.25) is 0 Å². The Morgan fingerprint density at radius 3 is 2.51 bits per heavy atom. The van der Waals surface area contributed by atoms with Crippen molar-refractivity contribution < 1.29 is 9.53 Å². The largest absolute Gasteiger partial charge is 0.372 e. The van der Waals surface area contributed by atoms with Gasteiger partial charge in [0.15, 0.2) is 0 Å². The van der Waals surface area contributed by atoms with Gasteiger partial charge in [-0.2, -0.15) is 0 Å². The van der Waals surface area contributed by atoms with Crippen LogP contribution in [0.15, 0.2) is 65.7 Å². The number of rotatable bonds is 6. The number of carbonyl (C=O) groups excluding carboxylic acids is 1. The SMILES string of the molecule is CC.CSc1cc(C(=O)NCc2cc3nc(-c4cccc(N5CC(C)OC(C)C5)n4)ccc3cn2)ccc1C. The number of nitrogens with one attached hydrogen (secondary N) is 1. The van der Waals surface area contributed by atoms with Gasteiger partial charge < -0.3 is 15.0 Å². The Labute approximate surface area is 235 Å². The highest BCUT2D eigenvalue weighted by Gasteiger charge is 2.23. The lowest BCUT2D eigenvalue weighted by molar-refractivity contribution is -0.00545. The number of hydrogen-bond donors (Lipinski definition) is 1. The van der Waals surface area contributed by atoms with Gasteiger partial charge in [-0.3, -0.25) is 9.78 Å². The molecular weight excluding hydrogens is 506 g/mol. The summed E-state index contributed by atoms with van der Waals surface area (Å²) in [7, 11) is 0. The molecule has 0 spiro atoms. The van der Waals surface area contributed by atoms with Gasteiger partial charge in [0.05, 0.1) is 41.4 Å². The van der Waals surface area contributed by atoms with Gasteiger partial charge in [-0.15, -0.1) is 11.8 Å². The molecule has 8 heteroatoms. The molecule has 2 atom stereocenters. The number of carbonyl (C=O) groups is 1. The van der Waals surface area contributed by atoms with Crippen LogP contribution in [0.5, 0.6) is 0 Å². The second-order valence-corrected chi connectivity index (χ2v) is 10.3. The second kappa shape index (κ2) is 13.0. The Balaban J connectivity index is 0.00000172. The number of hydrogen-bond acceptors (Lipinski definition) is 7. The van der Waals surface area contributed by atoms with E-state index < -0.39 is 0 Å². The van der Waals surface area contributed by atoms with Crippen LogP contribution in [0.4, 0.5) is 5.82 Å². The van der Waals surface area contributed by atoms with E-state index in [0.717, 1.165) is 57.4 Å². The Bertz CT molecular complexity index is 1430. The fraction of sp³-hybridized carbons (Fsp3) is 0.355. The van der Waals surface area contributed by atoms with Crippen molar-refractivity contribution in [2.75, 3.05) is 24.2 Å². The van der Waals surface area contributed by atoms with E-state index in [1.165, 1.54) is 0 Å². The van der Waals surface area contributed by atoms with Gasteiger partial charge in [0.1, 0.15) is 5.82 Å². The van der Waals surface area contributed by atoms with Crippen LogP contribution in [0.2, 0.25) is 0 Å². The zero-order chi connectivity index (χ0) is 27.9. The number of fused-ring (bicyclic) bond motifs is 1. The van der Waals surface area contributed by atoms with Crippen LogP contribution in [0.25, 0.3) is 22.3 Å². The van der Waals surface area contributed by atoms with Crippen LogP contribution in [0.3, 0.4) is 0 Å². The predicted octanol–water partition coefficient (Wildman–Crippen LogP) is 6.29. The van der Waals surface area contributed by atoms with E-state index in [9.17, 15) is 4.79 Å². The van der Waals surface area contributed by atoms with Crippen molar-refractivity contribution in [3.05, 3.63) is 77.6 Å². The molecule has 1 N–H and O–H groups in total. The standard InChI is InChI=1S/C29H31N5O2S.C2H6/c1-18-8-9-21(12-27(18)37-4)29(35)31-15-23-13-26-22(14-30-23)10-11-25(32-26)24-6-5-7-28(33-24)34-16-19(2)36-20(3)17-34;1-2/h5-14,19-20H,15-17H2,1-4H3,(H,31,35);1-2H3. The minimum absolute atomic E-state index is 0.119. The van der Waals surface area contributed by atoms with E-state index in [4.69, 9.17) is 14.7 Å². The molecule has 1 aromatic carbocycles. The van der Waals surface area contributed by atoms with Crippen LogP contribution < -0.4 is 10.2 Å². The molecule has 1 aliphatic rings. The lowest BCUT2D eigenvalue weighted by atomic mass is 10.1. The lowest BCUT2D eigenvalue weighted by Gasteiger charge is -2.36. The Kier molecular flexibility index (Phi) is 9.54. The molecule has 1 amide bonds. The molecule has 4 aromatic rings. The van der Waals surface area contributed by atoms with Crippen LogP contribution >= 0.6 is 11.8 Å². The molecule has 0 aliphatic carbocycles. The van der Waals surface area contributed by atoms with Crippen molar-refractivity contribution in [1.29, 1.82) is 0 Å². The molecule has 4 heterocycles. The molecule has 0 saturated carbocycles. The third-order valence-electron chi connectivity index (χ3n) is 6.47. The molecule has 1 fully saturated rings. The summed E-state index contributed by atoms with van der Waals surface area (Å²) in [6.45, 7) is 12.2. The summed E-state index contributed by atoms with van der Waals surface area (Å²) in [5.41, 5.74) is 5.00. The number of benzene rings is 1. The average molecular weight is 544 g/mol. The summed E-state index contributed by atoms with van der Waals surface area (Å²) in [5.74, 6) is 0.812. The number of pyridine rings is 3. The number of ether oxygens (including phenoxy) is 1. The highest BCUT2D eigenvalue weighted by molar-refractivity contribution is 7.98. The maximum atomic E-state index is 12.7. The van der Waals surface area contributed by atoms with E-state index in [-0.39, 0.29) is 18.1 Å². The molecule has 3 aromatic heterocycles. The maximum absolute atomic E-state index is 12.7. The van der Waals surface area contributed by atoms with Crippen molar-refractivity contribution in [2.24, 2.45) is 0 Å². The minimum Gasteiger partial charge on any atom is -0.372 e. The maximum Gasteiger partial charge on any atom is 0.251 e. The summed E-state index contributed by atoms with van der Waals surface area (Å²) >= 11 is 1.64. The van der Waals surface area contributed by atoms with Crippen LogP contribution in [0.1, 0.15) is 49.3 Å². The van der Waals surface area contributed by atoms with E-state index in [1.807, 2.05) is 81.6 Å². The van der Waals surface area contributed by atoms with Gasteiger partial charge in [-0.1, -0.05) is 26.0 Å². The van der Waals surface area contributed by atoms with Crippen molar-refractivity contribution in [3.63, 3.8) is 0 Å². The van der Waals surface area contributed by atoms with Crippen LogP contribution in [-0.2, 0) is 11.3 Å². The molecule has 7 nitrogen and oxygen atoms in total. The number of amides is 1. The van der Waals surface area contributed by atoms with Crippen molar-refractivity contribution >= 4 is 34.4 Å². The van der Waals surface area contributed by atoms with E-state index in [1.54, 1.807) is 18.0 Å². The average Bonchev–Trinajstić information content (AvgIpc) is 2.96. The number of aromatic nitrogens is 3. The molecule has 0 bridgehead atoms. The number of morpholine rings is 1. The molecule has 1 aliphatic heterocycles. The third-order valence-corrected chi connectivity index (χ3v) is 7.35. The smallest absolute Gasteiger partial charge is 0.251 e. The van der Waals surface area contributed by atoms with Crippen molar-refractivity contribution in [2.45, 2.75) is 58.3 Å². The first-order valence-electron chi connectivity index (χ1n) is 13.5. The zero-order valence-electron chi connectivity index (χ0n) is 23.6. The highest BCUT2D eigenvalue weighted by atomic mass is 32.2. The number of thioether (sulfide) groups is 1. The molecule has 204 valence electrons. The predicted molar refractivity (Wildman–Crippen MR) is 160 cm³/mol. The summed E-state index contributed by atoms with van der Waals surface area (Å²) in [6.07, 6.45) is 4.14. The third kappa shape index (κ3) is 6.94. The molecule has 2 unspecified atom stereocenters. The Morgan fingerprint density at radius 1 is 1.03 bits per heavy atom.